The Labute approximate surface area is 204 Å². The number of nitrogens with one attached hydrogen (secondary N) is 1. The van der Waals surface area contributed by atoms with Crippen LogP contribution < -0.4 is 10.5 Å². The third kappa shape index (κ3) is 3.34. The molecule has 5 heterocycles. The van der Waals surface area contributed by atoms with Crippen molar-refractivity contribution in [1.29, 1.82) is 0 Å². The van der Waals surface area contributed by atoms with E-state index in [-0.39, 0.29) is 11.3 Å². The number of fused-ring (bicyclic) bond motifs is 4. The van der Waals surface area contributed by atoms with Crippen LogP contribution >= 0.6 is 0 Å². The molecule has 1 amide bonds. The molecule has 3 N–H and O–H groups in total. The summed E-state index contributed by atoms with van der Waals surface area (Å²) in [5, 5.41) is 5.66. The molecule has 6 rings (SSSR count). The summed E-state index contributed by atoms with van der Waals surface area (Å²) in [5.41, 5.74) is 14.7. The molecule has 1 saturated heterocycles. The van der Waals surface area contributed by atoms with Crippen LogP contribution in [0.1, 0.15) is 54.9 Å². The molecule has 2 aliphatic rings. The number of aromatic nitrogens is 4. The zero-order chi connectivity index (χ0) is 24.5. The molecular formula is C27H32N6O2. The SMILES string of the molecule is Cc1c(-c2[nH]c3cc4c(cc3c2C(C)C)C2(CCN(CC(N)=O)CC2)CO4)cn2ncnc2c1C. The van der Waals surface area contributed by atoms with Crippen molar-refractivity contribution in [3.63, 3.8) is 0 Å². The van der Waals surface area contributed by atoms with Crippen molar-refractivity contribution < 1.29 is 9.53 Å². The van der Waals surface area contributed by atoms with E-state index >= 15 is 0 Å². The fourth-order valence-electron chi connectivity index (χ4n) is 6.11. The summed E-state index contributed by atoms with van der Waals surface area (Å²) in [7, 11) is 0. The maximum absolute atomic E-state index is 11.4. The molecule has 1 aromatic carbocycles. The molecule has 0 aliphatic carbocycles. The Kier molecular flexibility index (Phi) is 4.93. The van der Waals surface area contributed by atoms with Crippen molar-refractivity contribution in [2.24, 2.45) is 5.73 Å². The van der Waals surface area contributed by atoms with Gasteiger partial charge in [0.2, 0.25) is 5.91 Å². The summed E-state index contributed by atoms with van der Waals surface area (Å²) in [5.74, 6) is 1.05. The van der Waals surface area contributed by atoms with E-state index in [4.69, 9.17) is 10.5 Å². The topological polar surface area (TPSA) is 102 Å². The number of aromatic amines is 1. The average Bonchev–Trinajstić information content (AvgIpc) is 3.52. The fraction of sp³-hybridized carbons (Fsp3) is 0.444. The molecule has 35 heavy (non-hydrogen) atoms. The van der Waals surface area contributed by atoms with Gasteiger partial charge in [-0.1, -0.05) is 13.8 Å². The zero-order valence-electron chi connectivity index (χ0n) is 20.8. The lowest BCUT2D eigenvalue weighted by atomic mass is 9.74. The number of hydrogen-bond donors (Lipinski definition) is 2. The average molecular weight is 473 g/mol. The van der Waals surface area contributed by atoms with Gasteiger partial charge < -0.3 is 15.5 Å². The van der Waals surface area contributed by atoms with E-state index in [0.717, 1.165) is 59.7 Å². The number of primary amides is 1. The van der Waals surface area contributed by atoms with Gasteiger partial charge >= 0.3 is 0 Å². The molecule has 4 aromatic rings. The molecule has 2 aliphatic heterocycles. The Morgan fingerprint density at radius 3 is 2.71 bits per heavy atom. The highest BCUT2D eigenvalue weighted by Gasteiger charge is 2.43. The lowest BCUT2D eigenvalue weighted by Gasteiger charge is -2.38. The fourth-order valence-corrected chi connectivity index (χ4v) is 6.11. The molecule has 8 heteroatoms. The summed E-state index contributed by atoms with van der Waals surface area (Å²) in [6.45, 7) is 11.5. The third-order valence-corrected chi connectivity index (χ3v) is 8.18. The highest BCUT2D eigenvalue weighted by molar-refractivity contribution is 5.94. The third-order valence-electron chi connectivity index (χ3n) is 8.18. The van der Waals surface area contributed by atoms with Gasteiger partial charge in [0.1, 0.15) is 12.1 Å². The number of likely N-dealkylation sites (tertiary alicyclic amines) is 1. The van der Waals surface area contributed by atoms with E-state index in [2.05, 4.69) is 66.0 Å². The molecular weight excluding hydrogens is 440 g/mol. The van der Waals surface area contributed by atoms with E-state index in [1.54, 1.807) is 6.33 Å². The molecule has 0 bridgehead atoms. The molecule has 0 unspecified atom stereocenters. The van der Waals surface area contributed by atoms with Crippen molar-refractivity contribution in [3.8, 4) is 17.0 Å². The first-order valence-electron chi connectivity index (χ1n) is 12.4. The van der Waals surface area contributed by atoms with E-state index in [0.29, 0.717) is 19.1 Å². The lowest BCUT2D eigenvalue weighted by molar-refractivity contribution is -0.119. The number of nitrogens with zero attached hydrogens (tertiary/aromatic N) is 4. The van der Waals surface area contributed by atoms with Gasteiger partial charge in [0.25, 0.3) is 0 Å². The van der Waals surface area contributed by atoms with Crippen LogP contribution in [0.15, 0.2) is 24.7 Å². The molecule has 3 aromatic heterocycles. The van der Waals surface area contributed by atoms with Gasteiger partial charge in [-0.3, -0.25) is 9.69 Å². The van der Waals surface area contributed by atoms with Gasteiger partial charge in [-0.15, -0.1) is 0 Å². The maximum Gasteiger partial charge on any atom is 0.231 e. The minimum atomic E-state index is -0.262. The van der Waals surface area contributed by atoms with Crippen LogP contribution in [0.3, 0.4) is 0 Å². The van der Waals surface area contributed by atoms with Crippen LogP contribution in [0.2, 0.25) is 0 Å². The number of aryl methyl sites for hydroxylation is 1. The molecule has 1 fully saturated rings. The van der Waals surface area contributed by atoms with Crippen molar-refractivity contribution in [2.45, 2.75) is 51.9 Å². The first-order chi connectivity index (χ1) is 16.8. The molecule has 0 atom stereocenters. The van der Waals surface area contributed by atoms with Crippen molar-refractivity contribution in [1.82, 2.24) is 24.5 Å². The van der Waals surface area contributed by atoms with Crippen molar-refractivity contribution in [3.05, 3.63) is 46.9 Å². The van der Waals surface area contributed by atoms with E-state index in [1.165, 1.54) is 22.1 Å². The van der Waals surface area contributed by atoms with Crippen LogP contribution in [0, 0.1) is 13.8 Å². The van der Waals surface area contributed by atoms with Gasteiger partial charge in [0.05, 0.1) is 18.8 Å². The number of ether oxygens (including phenoxy) is 1. The zero-order valence-corrected chi connectivity index (χ0v) is 20.8. The molecule has 8 nitrogen and oxygen atoms in total. The van der Waals surface area contributed by atoms with Gasteiger partial charge in [-0.05, 0) is 68.5 Å². The van der Waals surface area contributed by atoms with Crippen molar-refractivity contribution >= 4 is 22.5 Å². The monoisotopic (exact) mass is 472 g/mol. The summed E-state index contributed by atoms with van der Waals surface area (Å²) in [6, 6.07) is 4.55. The second-order valence-corrected chi connectivity index (χ2v) is 10.6. The number of carbonyl (C=O) groups excluding carboxylic acids is 1. The number of hydrogen-bond acceptors (Lipinski definition) is 5. The molecule has 0 radical (unpaired) electrons. The number of piperidine rings is 1. The standard InChI is InChI=1S/C27H32N6O2/c1-15(2)24-18-9-20-22(35-13-27(20)5-7-32(8-6-27)12-23(28)34)10-21(18)31-25(24)19-11-33-26(29-14-30-33)17(4)16(19)3/h9-11,14-15,31H,5-8,12-13H2,1-4H3,(H2,28,34). The Morgan fingerprint density at radius 2 is 2.00 bits per heavy atom. The van der Waals surface area contributed by atoms with Gasteiger partial charge in [-0.2, -0.15) is 5.10 Å². The quantitative estimate of drug-likeness (QED) is 0.470. The summed E-state index contributed by atoms with van der Waals surface area (Å²) in [6.07, 6.45) is 5.63. The second kappa shape index (κ2) is 7.81. The number of benzene rings is 1. The largest absolute Gasteiger partial charge is 0.492 e. The first-order valence-corrected chi connectivity index (χ1v) is 12.4. The molecule has 1 spiro atoms. The lowest BCUT2D eigenvalue weighted by Crippen LogP contribution is -2.46. The number of pyridine rings is 1. The smallest absolute Gasteiger partial charge is 0.231 e. The highest BCUT2D eigenvalue weighted by Crippen LogP contribution is 2.49. The number of carbonyl (C=O) groups is 1. The Balaban J connectivity index is 1.47. The summed E-state index contributed by atoms with van der Waals surface area (Å²) >= 11 is 0. The Bertz CT molecular complexity index is 1470. The summed E-state index contributed by atoms with van der Waals surface area (Å²) in [4.78, 5) is 21.7. The predicted molar refractivity (Wildman–Crippen MR) is 136 cm³/mol. The van der Waals surface area contributed by atoms with Gasteiger partial charge in [0, 0.05) is 39.7 Å². The van der Waals surface area contributed by atoms with E-state index in [9.17, 15) is 4.79 Å². The predicted octanol–water partition coefficient (Wildman–Crippen LogP) is 3.83. The van der Waals surface area contributed by atoms with Crippen LogP contribution in [-0.2, 0) is 10.2 Å². The normalized spacial score (nSPS) is 17.5. The van der Waals surface area contributed by atoms with Crippen molar-refractivity contribution in [2.75, 3.05) is 26.2 Å². The minimum Gasteiger partial charge on any atom is -0.492 e. The Morgan fingerprint density at radius 1 is 1.23 bits per heavy atom. The van der Waals surface area contributed by atoms with Gasteiger partial charge in [0.15, 0.2) is 5.65 Å². The van der Waals surface area contributed by atoms with Crippen LogP contribution in [0.5, 0.6) is 5.75 Å². The second-order valence-electron chi connectivity index (χ2n) is 10.6. The van der Waals surface area contributed by atoms with Crippen LogP contribution in [-0.4, -0.2) is 56.6 Å². The van der Waals surface area contributed by atoms with Crippen LogP contribution in [0.4, 0.5) is 0 Å². The minimum absolute atomic E-state index is 0.00447. The molecule has 182 valence electrons. The number of rotatable bonds is 4. The van der Waals surface area contributed by atoms with Gasteiger partial charge in [-0.25, -0.2) is 9.50 Å². The number of nitrogens with two attached hydrogens (primary N) is 1. The summed E-state index contributed by atoms with van der Waals surface area (Å²) < 4.78 is 8.14. The van der Waals surface area contributed by atoms with Crippen LogP contribution in [0.25, 0.3) is 27.8 Å². The Hall–Kier alpha value is -3.39. The van der Waals surface area contributed by atoms with E-state index in [1.807, 2.05) is 4.52 Å². The van der Waals surface area contributed by atoms with E-state index < -0.39 is 0 Å². The number of amides is 1. The maximum atomic E-state index is 11.4. The number of H-pyrrole nitrogens is 1. The molecule has 0 saturated carbocycles. The highest BCUT2D eigenvalue weighted by atomic mass is 16.5. The first kappa shape index (κ1) is 22.1.